The van der Waals surface area contributed by atoms with Gasteiger partial charge in [-0.25, -0.2) is 9.50 Å². The minimum absolute atomic E-state index is 0.619. The third-order valence-electron chi connectivity index (χ3n) is 3.78. The van der Waals surface area contributed by atoms with Crippen molar-refractivity contribution in [2.45, 2.75) is 6.42 Å². The largest absolute Gasteiger partial charge is 0.304 e. The highest BCUT2D eigenvalue weighted by Crippen LogP contribution is 2.06. The number of piperazine rings is 1. The van der Waals surface area contributed by atoms with Gasteiger partial charge in [-0.05, 0) is 19.2 Å². The molecule has 2 aromatic heterocycles. The van der Waals surface area contributed by atoms with Crippen LogP contribution in [0, 0.1) is 0 Å². The van der Waals surface area contributed by atoms with Gasteiger partial charge in [0.25, 0.3) is 0 Å². The van der Waals surface area contributed by atoms with E-state index in [0.29, 0.717) is 5.56 Å². The predicted octanol–water partition coefficient (Wildman–Crippen LogP) is 0.332. The van der Waals surface area contributed by atoms with Gasteiger partial charge in [0.15, 0.2) is 17.8 Å². The SMILES string of the molecule is CN1CCN(CCc2nc3ccc(C=O)cn3n2)CC1. The molecule has 6 nitrogen and oxygen atoms in total. The molecule has 1 saturated heterocycles. The van der Waals surface area contributed by atoms with Crippen LogP contribution in [0.15, 0.2) is 18.3 Å². The van der Waals surface area contributed by atoms with E-state index in [1.54, 1.807) is 16.8 Å². The molecule has 106 valence electrons. The Kier molecular flexibility index (Phi) is 3.75. The summed E-state index contributed by atoms with van der Waals surface area (Å²) in [5, 5.41) is 4.43. The smallest absolute Gasteiger partial charge is 0.155 e. The van der Waals surface area contributed by atoms with Gasteiger partial charge in [-0.1, -0.05) is 0 Å². The van der Waals surface area contributed by atoms with Crippen LogP contribution in [0.3, 0.4) is 0 Å². The van der Waals surface area contributed by atoms with E-state index < -0.39 is 0 Å². The summed E-state index contributed by atoms with van der Waals surface area (Å²) in [6.07, 6.45) is 3.39. The predicted molar refractivity (Wildman–Crippen MR) is 76.0 cm³/mol. The number of carbonyl (C=O) groups is 1. The van der Waals surface area contributed by atoms with Gasteiger partial charge in [-0.15, -0.1) is 0 Å². The first kappa shape index (κ1) is 13.2. The summed E-state index contributed by atoms with van der Waals surface area (Å²) in [7, 11) is 2.16. The lowest BCUT2D eigenvalue weighted by molar-refractivity contribution is 0.112. The molecule has 0 saturated carbocycles. The number of carbonyl (C=O) groups excluding carboxylic acids is 1. The third-order valence-corrected chi connectivity index (χ3v) is 3.78. The minimum Gasteiger partial charge on any atom is -0.304 e. The van der Waals surface area contributed by atoms with Gasteiger partial charge in [-0.2, -0.15) is 5.10 Å². The molecule has 2 aromatic rings. The van der Waals surface area contributed by atoms with E-state index in [1.807, 2.05) is 6.07 Å². The first-order valence-electron chi connectivity index (χ1n) is 6.96. The topological polar surface area (TPSA) is 53.7 Å². The molecule has 6 heteroatoms. The van der Waals surface area contributed by atoms with Gasteiger partial charge < -0.3 is 9.80 Å². The average Bonchev–Trinajstić information content (AvgIpc) is 2.88. The van der Waals surface area contributed by atoms with Crippen molar-refractivity contribution in [3.8, 4) is 0 Å². The van der Waals surface area contributed by atoms with Crippen LogP contribution >= 0.6 is 0 Å². The van der Waals surface area contributed by atoms with Crippen LogP contribution in [0.4, 0.5) is 0 Å². The summed E-state index contributed by atoms with van der Waals surface area (Å²) in [5.74, 6) is 0.840. The van der Waals surface area contributed by atoms with Gasteiger partial charge in [-0.3, -0.25) is 4.79 Å². The Balaban J connectivity index is 1.64. The van der Waals surface area contributed by atoms with Crippen LogP contribution in [-0.4, -0.2) is 70.5 Å². The molecule has 0 aliphatic carbocycles. The highest BCUT2D eigenvalue weighted by atomic mass is 16.1. The highest BCUT2D eigenvalue weighted by molar-refractivity contribution is 5.74. The number of hydrogen-bond donors (Lipinski definition) is 0. The molecule has 1 aliphatic rings. The number of likely N-dealkylation sites (N-methyl/N-ethyl adjacent to an activating group) is 1. The van der Waals surface area contributed by atoms with E-state index in [9.17, 15) is 4.79 Å². The van der Waals surface area contributed by atoms with Crippen LogP contribution in [0.2, 0.25) is 0 Å². The van der Waals surface area contributed by atoms with Gasteiger partial charge in [0.2, 0.25) is 0 Å². The summed E-state index contributed by atoms with van der Waals surface area (Å²) in [6, 6.07) is 3.59. The lowest BCUT2D eigenvalue weighted by atomic mass is 10.3. The number of aromatic nitrogens is 3. The normalized spacial score (nSPS) is 17.6. The number of rotatable bonds is 4. The number of nitrogens with zero attached hydrogens (tertiary/aromatic N) is 5. The molecule has 0 spiro atoms. The molecule has 0 radical (unpaired) electrons. The van der Waals surface area contributed by atoms with Gasteiger partial charge in [0.1, 0.15) is 0 Å². The summed E-state index contributed by atoms with van der Waals surface area (Å²) in [4.78, 5) is 20.0. The number of aldehydes is 1. The number of pyridine rings is 1. The highest BCUT2D eigenvalue weighted by Gasteiger charge is 2.14. The zero-order valence-corrected chi connectivity index (χ0v) is 11.7. The third kappa shape index (κ3) is 2.86. The van der Waals surface area contributed by atoms with Crippen molar-refractivity contribution >= 4 is 11.9 Å². The van der Waals surface area contributed by atoms with Crippen molar-refractivity contribution in [3.05, 3.63) is 29.7 Å². The van der Waals surface area contributed by atoms with E-state index in [2.05, 4.69) is 26.9 Å². The number of fused-ring (bicyclic) bond motifs is 1. The van der Waals surface area contributed by atoms with Crippen LogP contribution in [0.5, 0.6) is 0 Å². The summed E-state index contributed by atoms with van der Waals surface area (Å²) in [6.45, 7) is 5.46. The Labute approximate surface area is 118 Å². The van der Waals surface area contributed by atoms with Crippen molar-refractivity contribution < 1.29 is 4.79 Å². The lowest BCUT2D eigenvalue weighted by Gasteiger charge is -2.31. The Bertz CT molecular complexity index is 601. The van der Waals surface area contributed by atoms with E-state index in [1.165, 1.54) is 0 Å². The summed E-state index contributed by atoms with van der Waals surface area (Å²) in [5.41, 5.74) is 1.41. The van der Waals surface area contributed by atoms with Gasteiger partial charge in [0.05, 0.1) is 0 Å². The fourth-order valence-electron chi connectivity index (χ4n) is 2.45. The van der Waals surface area contributed by atoms with E-state index in [-0.39, 0.29) is 0 Å². The fourth-order valence-corrected chi connectivity index (χ4v) is 2.45. The monoisotopic (exact) mass is 273 g/mol. The molecular weight excluding hydrogens is 254 g/mol. The molecule has 0 amide bonds. The quantitative estimate of drug-likeness (QED) is 0.752. The van der Waals surface area contributed by atoms with Crippen molar-refractivity contribution in [2.24, 2.45) is 0 Å². The second kappa shape index (κ2) is 5.68. The number of hydrogen-bond acceptors (Lipinski definition) is 5. The van der Waals surface area contributed by atoms with Crippen molar-refractivity contribution in [3.63, 3.8) is 0 Å². The molecule has 3 heterocycles. The van der Waals surface area contributed by atoms with Gasteiger partial charge >= 0.3 is 0 Å². The summed E-state index contributed by atoms with van der Waals surface area (Å²) >= 11 is 0. The van der Waals surface area contributed by atoms with Crippen LogP contribution in [0.1, 0.15) is 16.2 Å². The average molecular weight is 273 g/mol. The molecule has 0 aromatic carbocycles. The first-order chi connectivity index (χ1) is 9.74. The van der Waals surface area contributed by atoms with Crippen molar-refractivity contribution in [2.75, 3.05) is 39.8 Å². The van der Waals surface area contributed by atoms with Crippen LogP contribution in [0.25, 0.3) is 5.65 Å². The maximum absolute atomic E-state index is 10.7. The van der Waals surface area contributed by atoms with E-state index >= 15 is 0 Å². The fraction of sp³-hybridized carbons (Fsp3) is 0.500. The zero-order valence-electron chi connectivity index (χ0n) is 11.7. The Hall–Kier alpha value is -1.79. The van der Waals surface area contributed by atoms with E-state index in [0.717, 1.165) is 56.9 Å². The molecule has 1 fully saturated rings. The molecule has 1 aliphatic heterocycles. The summed E-state index contributed by atoms with van der Waals surface area (Å²) < 4.78 is 1.68. The Morgan fingerprint density at radius 3 is 2.80 bits per heavy atom. The first-order valence-corrected chi connectivity index (χ1v) is 6.96. The molecule has 0 N–H and O–H groups in total. The second-order valence-electron chi connectivity index (χ2n) is 5.31. The van der Waals surface area contributed by atoms with Gasteiger partial charge in [0, 0.05) is 50.9 Å². The Morgan fingerprint density at radius 1 is 1.25 bits per heavy atom. The molecular formula is C14H19N5O. The molecule has 0 unspecified atom stereocenters. The van der Waals surface area contributed by atoms with Crippen molar-refractivity contribution in [1.29, 1.82) is 0 Å². The van der Waals surface area contributed by atoms with Crippen molar-refractivity contribution in [1.82, 2.24) is 24.4 Å². The molecule has 0 bridgehead atoms. The Morgan fingerprint density at radius 2 is 2.05 bits per heavy atom. The molecule has 20 heavy (non-hydrogen) atoms. The maximum Gasteiger partial charge on any atom is 0.155 e. The lowest BCUT2D eigenvalue weighted by Crippen LogP contribution is -2.45. The molecule has 0 atom stereocenters. The van der Waals surface area contributed by atoms with Crippen LogP contribution in [-0.2, 0) is 6.42 Å². The maximum atomic E-state index is 10.7. The minimum atomic E-state index is 0.619. The van der Waals surface area contributed by atoms with Crippen LogP contribution < -0.4 is 0 Å². The second-order valence-corrected chi connectivity index (χ2v) is 5.31. The standard InChI is InChI=1S/C14H19N5O/c1-17-6-8-18(9-7-17)5-4-13-15-14-3-2-12(11-20)10-19(14)16-13/h2-3,10-11H,4-9H2,1H3. The zero-order chi connectivity index (χ0) is 13.9. The molecule has 3 rings (SSSR count). The van der Waals surface area contributed by atoms with E-state index in [4.69, 9.17) is 0 Å².